The number of carbonyl (C=O) groups is 1. The number of esters is 1. The van der Waals surface area contributed by atoms with Gasteiger partial charge < -0.3 is 10.1 Å². The van der Waals surface area contributed by atoms with Crippen molar-refractivity contribution in [1.82, 2.24) is 14.6 Å². The number of nitrogens with one attached hydrogen (secondary N) is 1. The molecule has 0 bridgehead atoms. The van der Waals surface area contributed by atoms with E-state index >= 15 is 0 Å². The molecule has 6 nitrogen and oxygen atoms in total. The van der Waals surface area contributed by atoms with Gasteiger partial charge in [0.05, 0.1) is 6.61 Å². The Morgan fingerprint density at radius 2 is 2.41 bits per heavy atom. The normalized spacial score (nSPS) is 9.94. The number of nitrogens with zero attached hydrogens (tertiary/aromatic N) is 3. The maximum absolute atomic E-state index is 11.5. The van der Waals surface area contributed by atoms with E-state index in [0.717, 1.165) is 11.5 Å². The molecule has 0 atom stereocenters. The molecule has 0 amide bonds. The van der Waals surface area contributed by atoms with Crippen molar-refractivity contribution in [3.8, 4) is 0 Å². The summed E-state index contributed by atoms with van der Waals surface area (Å²) in [5, 5.41) is 7.24. The van der Waals surface area contributed by atoms with E-state index in [1.165, 1.54) is 0 Å². The van der Waals surface area contributed by atoms with Gasteiger partial charge in [-0.15, -0.1) is 5.10 Å². The number of pyridine rings is 1. The quantitative estimate of drug-likeness (QED) is 0.834. The molecule has 2 aromatic rings. The minimum atomic E-state index is -0.486. The van der Waals surface area contributed by atoms with Crippen LogP contribution in [-0.4, -0.2) is 27.1 Å². The molecule has 0 aliphatic carbocycles. The van der Waals surface area contributed by atoms with Crippen molar-refractivity contribution >= 4 is 28.3 Å². The lowest BCUT2D eigenvalue weighted by atomic mass is 10.4. The first kappa shape index (κ1) is 11.5. The highest BCUT2D eigenvalue weighted by Gasteiger charge is 2.17. The number of ether oxygens (including phenoxy) is 1. The second kappa shape index (κ2) is 5.35. The fourth-order valence-corrected chi connectivity index (χ4v) is 1.72. The van der Waals surface area contributed by atoms with Crippen LogP contribution in [0.3, 0.4) is 0 Å². The maximum Gasteiger partial charge on any atom is 0.362 e. The second-order valence-electron chi connectivity index (χ2n) is 3.01. The number of anilines is 2. The Balaban J connectivity index is 2.17. The highest BCUT2D eigenvalue weighted by atomic mass is 32.1. The molecule has 0 aliphatic heterocycles. The first-order chi connectivity index (χ1) is 8.31. The Kier molecular flexibility index (Phi) is 3.61. The Bertz CT molecular complexity index is 500. The van der Waals surface area contributed by atoms with Crippen molar-refractivity contribution in [1.29, 1.82) is 0 Å². The van der Waals surface area contributed by atoms with Crippen LogP contribution in [0.5, 0.6) is 0 Å². The fraction of sp³-hybridized carbons (Fsp3) is 0.200. The van der Waals surface area contributed by atoms with Crippen molar-refractivity contribution in [2.45, 2.75) is 6.92 Å². The predicted octanol–water partition coefficient (Wildman–Crippen LogP) is 1.85. The third-order valence-corrected chi connectivity index (χ3v) is 2.50. The summed E-state index contributed by atoms with van der Waals surface area (Å²) in [6.07, 6.45) is 1.65. The Morgan fingerprint density at radius 1 is 1.53 bits per heavy atom. The molecule has 0 saturated carbocycles. The number of hydrogen-bond donors (Lipinski definition) is 1. The maximum atomic E-state index is 11.5. The van der Waals surface area contributed by atoms with E-state index in [9.17, 15) is 4.79 Å². The van der Waals surface area contributed by atoms with Crippen molar-refractivity contribution in [3.63, 3.8) is 0 Å². The number of carbonyl (C=O) groups excluding carboxylic acids is 1. The zero-order chi connectivity index (χ0) is 12.1. The number of rotatable bonds is 4. The van der Waals surface area contributed by atoms with Crippen LogP contribution in [-0.2, 0) is 4.74 Å². The van der Waals surface area contributed by atoms with E-state index in [0.29, 0.717) is 17.4 Å². The Labute approximate surface area is 102 Å². The van der Waals surface area contributed by atoms with Crippen LogP contribution in [0.4, 0.5) is 10.8 Å². The van der Waals surface area contributed by atoms with E-state index in [-0.39, 0.29) is 5.69 Å². The summed E-state index contributed by atoms with van der Waals surface area (Å²) in [7, 11) is 0. The lowest BCUT2D eigenvalue weighted by molar-refractivity contribution is 0.0520. The average molecular weight is 250 g/mol. The van der Waals surface area contributed by atoms with E-state index in [1.807, 2.05) is 12.1 Å². The molecule has 0 spiro atoms. The summed E-state index contributed by atoms with van der Waals surface area (Å²) in [6, 6.07) is 5.44. The van der Waals surface area contributed by atoms with Gasteiger partial charge in [0.15, 0.2) is 5.00 Å². The molecule has 2 heterocycles. The third kappa shape index (κ3) is 2.76. The summed E-state index contributed by atoms with van der Waals surface area (Å²) >= 11 is 1.09. The molecule has 0 fully saturated rings. The van der Waals surface area contributed by atoms with Gasteiger partial charge in [-0.3, -0.25) is 0 Å². The molecule has 0 unspecified atom stereocenters. The Hall–Kier alpha value is -2.02. The molecular formula is C10H10N4O2S. The van der Waals surface area contributed by atoms with Gasteiger partial charge in [0.1, 0.15) is 5.82 Å². The summed E-state index contributed by atoms with van der Waals surface area (Å²) in [4.78, 5) is 15.6. The van der Waals surface area contributed by atoms with Gasteiger partial charge >= 0.3 is 5.97 Å². The first-order valence-corrected chi connectivity index (χ1v) is 5.76. The summed E-state index contributed by atoms with van der Waals surface area (Å²) in [6.45, 7) is 2.04. The van der Waals surface area contributed by atoms with Crippen LogP contribution in [0.25, 0.3) is 0 Å². The SMILES string of the molecule is CCOC(=O)c1nnsc1Nc1ccccn1. The average Bonchev–Trinajstić information content (AvgIpc) is 2.79. The summed E-state index contributed by atoms with van der Waals surface area (Å²) < 4.78 is 8.59. The molecule has 7 heteroatoms. The molecule has 0 saturated heterocycles. The molecule has 17 heavy (non-hydrogen) atoms. The summed E-state index contributed by atoms with van der Waals surface area (Å²) in [5.41, 5.74) is 0.183. The molecule has 2 aromatic heterocycles. The zero-order valence-electron chi connectivity index (χ0n) is 9.08. The van der Waals surface area contributed by atoms with Crippen LogP contribution in [0.2, 0.25) is 0 Å². The van der Waals surface area contributed by atoms with E-state index in [1.54, 1.807) is 19.2 Å². The fourth-order valence-electron chi connectivity index (χ4n) is 1.16. The number of hydrogen-bond acceptors (Lipinski definition) is 7. The third-order valence-electron chi connectivity index (χ3n) is 1.86. The largest absolute Gasteiger partial charge is 0.461 e. The van der Waals surface area contributed by atoms with Crippen LogP contribution < -0.4 is 5.32 Å². The van der Waals surface area contributed by atoms with Crippen molar-refractivity contribution in [2.75, 3.05) is 11.9 Å². The lowest BCUT2D eigenvalue weighted by Gasteiger charge is -2.03. The molecular weight excluding hydrogens is 240 g/mol. The number of aromatic nitrogens is 3. The molecule has 0 radical (unpaired) electrons. The zero-order valence-corrected chi connectivity index (χ0v) is 9.90. The first-order valence-electron chi connectivity index (χ1n) is 4.98. The van der Waals surface area contributed by atoms with Crippen molar-refractivity contribution in [2.24, 2.45) is 0 Å². The standard InChI is InChI=1S/C10H10N4O2S/c1-2-16-10(15)8-9(17-14-13-8)12-7-5-3-4-6-11-7/h3-6H,2H2,1H3,(H,11,12). The minimum absolute atomic E-state index is 0.183. The van der Waals surface area contributed by atoms with Gasteiger partial charge in [0.25, 0.3) is 0 Å². The van der Waals surface area contributed by atoms with Gasteiger partial charge in [0.2, 0.25) is 5.69 Å². The molecule has 0 aromatic carbocycles. The minimum Gasteiger partial charge on any atom is -0.461 e. The van der Waals surface area contributed by atoms with Gasteiger partial charge in [-0.2, -0.15) is 0 Å². The molecule has 0 aliphatic rings. The molecule has 1 N–H and O–H groups in total. The van der Waals surface area contributed by atoms with E-state index in [2.05, 4.69) is 19.9 Å². The van der Waals surface area contributed by atoms with Gasteiger partial charge in [0, 0.05) is 17.7 Å². The van der Waals surface area contributed by atoms with Gasteiger partial charge in [-0.1, -0.05) is 10.6 Å². The van der Waals surface area contributed by atoms with Crippen LogP contribution in [0.15, 0.2) is 24.4 Å². The molecule has 2 rings (SSSR count). The lowest BCUT2D eigenvalue weighted by Crippen LogP contribution is -2.07. The highest BCUT2D eigenvalue weighted by Crippen LogP contribution is 2.22. The summed E-state index contributed by atoms with van der Waals surface area (Å²) in [5.74, 6) is 0.142. The van der Waals surface area contributed by atoms with E-state index < -0.39 is 5.97 Å². The second-order valence-corrected chi connectivity index (χ2v) is 3.77. The van der Waals surface area contributed by atoms with Crippen LogP contribution >= 0.6 is 11.5 Å². The van der Waals surface area contributed by atoms with Gasteiger partial charge in [-0.05, 0) is 19.1 Å². The molecule has 88 valence electrons. The predicted molar refractivity (Wildman–Crippen MR) is 63.4 cm³/mol. The highest BCUT2D eigenvalue weighted by molar-refractivity contribution is 7.10. The monoisotopic (exact) mass is 250 g/mol. The topological polar surface area (TPSA) is 77.0 Å². The van der Waals surface area contributed by atoms with Crippen molar-refractivity contribution < 1.29 is 9.53 Å². The van der Waals surface area contributed by atoms with Crippen LogP contribution in [0, 0.1) is 0 Å². The van der Waals surface area contributed by atoms with Crippen molar-refractivity contribution in [3.05, 3.63) is 30.1 Å². The van der Waals surface area contributed by atoms with Crippen LogP contribution in [0.1, 0.15) is 17.4 Å². The van der Waals surface area contributed by atoms with E-state index in [4.69, 9.17) is 4.74 Å². The smallest absolute Gasteiger partial charge is 0.362 e. The van der Waals surface area contributed by atoms with Gasteiger partial charge in [-0.25, -0.2) is 9.78 Å². The Morgan fingerprint density at radius 3 is 3.12 bits per heavy atom.